The summed E-state index contributed by atoms with van der Waals surface area (Å²) < 4.78 is 14.7. The Bertz CT molecular complexity index is 682. The molecule has 2 heterocycles. The van der Waals surface area contributed by atoms with Gasteiger partial charge >= 0.3 is 0 Å². The van der Waals surface area contributed by atoms with Crippen LogP contribution in [-0.4, -0.2) is 25.0 Å². The number of rotatable bonds is 2. The number of halogens is 1. The third kappa shape index (κ3) is 2.68. The Morgan fingerprint density at radius 1 is 1.48 bits per heavy atom. The molecule has 0 bridgehead atoms. The molecular formula is C16H19FN2OS. The number of hydrogen-bond donors (Lipinski definition) is 2. The van der Waals surface area contributed by atoms with Crippen molar-refractivity contribution in [1.82, 2.24) is 10.6 Å². The molecule has 21 heavy (non-hydrogen) atoms. The van der Waals surface area contributed by atoms with Crippen LogP contribution in [0, 0.1) is 18.7 Å². The summed E-state index contributed by atoms with van der Waals surface area (Å²) in [7, 11) is 0. The molecular weight excluding hydrogens is 287 g/mol. The molecule has 3 nitrogen and oxygen atoms in total. The van der Waals surface area contributed by atoms with Gasteiger partial charge in [0.05, 0.1) is 4.88 Å². The minimum atomic E-state index is -0.254. The van der Waals surface area contributed by atoms with Crippen LogP contribution >= 0.6 is 11.3 Å². The van der Waals surface area contributed by atoms with Crippen molar-refractivity contribution in [2.45, 2.75) is 26.3 Å². The van der Waals surface area contributed by atoms with Crippen molar-refractivity contribution in [1.29, 1.82) is 0 Å². The molecule has 1 amide bonds. The largest absolute Gasteiger partial charge is 0.348 e. The van der Waals surface area contributed by atoms with E-state index in [1.807, 2.05) is 13.0 Å². The quantitative estimate of drug-likeness (QED) is 0.895. The van der Waals surface area contributed by atoms with Crippen molar-refractivity contribution in [2.24, 2.45) is 5.92 Å². The van der Waals surface area contributed by atoms with Gasteiger partial charge in [0.1, 0.15) is 5.82 Å². The first kappa shape index (κ1) is 14.5. The molecule has 5 heteroatoms. The number of hydrogen-bond acceptors (Lipinski definition) is 3. The molecule has 2 atom stereocenters. The maximum atomic E-state index is 13.9. The van der Waals surface area contributed by atoms with Crippen LogP contribution in [0.4, 0.5) is 4.39 Å². The molecule has 0 spiro atoms. The second kappa shape index (κ2) is 5.73. The normalized spacial score (nSPS) is 22.4. The zero-order valence-corrected chi connectivity index (χ0v) is 13.0. The predicted molar refractivity (Wildman–Crippen MR) is 84.4 cm³/mol. The van der Waals surface area contributed by atoms with Crippen LogP contribution in [0.3, 0.4) is 0 Å². The van der Waals surface area contributed by atoms with Gasteiger partial charge in [-0.05, 0) is 50.0 Å². The lowest BCUT2D eigenvalue weighted by Crippen LogP contribution is -2.48. The molecule has 1 aromatic carbocycles. The average molecular weight is 306 g/mol. The minimum Gasteiger partial charge on any atom is -0.348 e. The maximum absolute atomic E-state index is 13.9. The van der Waals surface area contributed by atoms with Crippen LogP contribution in [0.25, 0.3) is 10.1 Å². The van der Waals surface area contributed by atoms with Crippen molar-refractivity contribution in [3.63, 3.8) is 0 Å². The van der Waals surface area contributed by atoms with Crippen LogP contribution < -0.4 is 10.6 Å². The first-order chi connectivity index (χ1) is 10.1. The van der Waals surface area contributed by atoms with Crippen molar-refractivity contribution in [3.05, 3.63) is 34.5 Å². The SMILES string of the molecule is Cc1c(C(=O)N[C@H]2CCNC[C@@H]2C)sc2cccc(F)c12. The number of aryl methyl sites for hydroxylation is 1. The van der Waals surface area contributed by atoms with Crippen molar-refractivity contribution < 1.29 is 9.18 Å². The van der Waals surface area contributed by atoms with Gasteiger partial charge in [0.2, 0.25) is 0 Å². The van der Waals surface area contributed by atoms with E-state index in [-0.39, 0.29) is 17.8 Å². The molecule has 0 saturated carbocycles. The molecule has 2 aromatic rings. The van der Waals surface area contributed by atoms with Crippen molar-refractivity contribution >= 4 is 27.3 Å². The van der Waals surface area contributed by atoms with E-state index in [2.05, 4.69) is 17.6 Å². The summed E-state index contributed by atoms with van der Waals surface area (Å²) in [6, 6.07) is 5.18. The lowest BCUT2D eigenvalue weighted by Gasteiger charge is -2.30. The molecule has 1 aliphatic rings. The Kier molecular flexibility index (Phi) is 3.95. The highest BCUT2D eigenvalue weighted by atomic mass is 32.1. The van der Waals surface area contributed by atoms with E-state index < -0.39 is 0 Å². The van der Waals surface area contributed by atoms with Gasteiger partial charge in [0, 0.05) is 16.1 Å². The fraction of sp³-hybridized carbons (Fsp3) is 0.438. The van der Waals surface area contributed by atoms with Gasteiger partial charge in [-0.2, -0.15) is 0 Å². The number of carbonyl (C=O) groups is 1. The monoisotopic (exact) mass is 306 g/mol. The first-order valence-electron chi connectivity index (χ1n) is 7.27. The Hall–Kier alpha value is -1.46. The number of carbonyl (C=O) groups excluding carboxylic acids is 1. The molecule has 0 radical (unpaired) electrons. The zero-order valence-electron chi connectivity index (χ0n) is 12.2. The van der Waals surface area contributed by atoms with Crippen molar-refractivity contribution in [3.8, 4) is 0 Å². The fourth-order valence-corrected chi connectivity index (χ4v) is 4.06. The van der Waals surface area contributed by atoms with Crippen LogP contribution in [0.15, 0.2) is 18.2 Å². The van der Waals surface area contributed by atoms with Gasteiger partial charge in [-0.3, -0.25) is 4.79 Å². The summed E-state index contributed by atoms with van der Waals surface area (Å²) in [4.78, 5) is 13.1. The number of fused-ring (bicyclic) bond motifs is 1. The molecule has 2 N–H and O–H groups in total. The topological polar surface area (TPSA) is 41.1 Å². The first-order valence-corrected chi connectivity index (χ1v) is 8.08. The van der Waals surface area contributed by atoms with Gasteiger partial charge in [0.15, 0.2) is 0 Å². The van der Waals surface area contributed by atoms with E-state index in [0.717, 1.165) is 29.8 Å². The van der Waals surface area contributed by atoms with E-state index in [1.54, 1.807) is 6.07 Å². The fourth-order valence-electron chi connectivity index (χ4n) is 2.93. The van der Waals surface area contributed by atoms with Crippen LogP contribution in [0.1, 0.15) is 28.6 Å². The van der Waals surface area contributed by atoms with E-state index in [1.165, 1.54) is 17.4 Å². The second-order valence-electron chi connectivity index (χ2n) is 5.72. The van der Waals surface area contributed by atoms with Gasteiger partial charge in [0.25, 0.3) is 5.91 Å². The maximum Gasteiger partial charge on any atom is 0.261 e. The van der Waals surface area contributed by atoms with Crippen LogP contribution in [0.2, 0.25) is 0 Å². The van der Waals surface area contributed by atoms with Crippen LogP contribution in [-0.2, 0) is 0 Å². The van der Waals surface area contributed by atoms with E-state index in [0.29, 0.717) is 16.2 Å². The summed E-state index contributed by atoms with van der Waals surface area (Å²) in [5.41, 5.74) is 0.743. The van der Waals surface area contributed by atoms with Crippen molar-refractivity contribution in [2.75, 3.05) is 13.1 Å². The standard InChI is InChI=1S/C16H19FN2OS/c1-9-8-18-7-6-12(9)19-16(20)15-10(2)14-11(17)4-3-5-13(14)21-15/h3-5,9,12,18H,6-8H2,1-2H3,(H,19,20)/t9-,12-/m0/s1. The third-order valence-electron chi connectivity index (χ3n) is 4.21. The smallest absolute Gasteiger partial charge is 0.261 e. The summed E-state index contributed by atoms with van der Waals surface area (Å²) in [6.07, 6.45) is 0.936. The second-order valence-corrected chi connectivity index (χ2v) is 6.77. The summed E-state index contributed by atoms with van der Waals surface area (Å²) in [5, 5.41) is 7.01. The Morgan fingerprint density at radius 3 is 3.00 bits per heavy atom. The predicted octanol–water partition coefficient (Wildman–Crippen LogP) is 3.08. The average Bonchev–Trinajstić information content (AvgIpc) is 2.80. The highest BCUT2D eigenvalue weighted by Gasteiger charge is 2.25. The molecule has 1 aromatic heterocycles. The number of amides is 1. The number of benzene rings is 1. The lowest BCUT2D eigenvalue weighted by molar-refractivity contribution is 0.0918. The summed E-state index contributed by atoms with van der Waals surface area (Å²) >= 11 is 1.37. The number of thiophene rings is 1. The molecule has 1 aliphatic heterocycles. The van der Waals surface area contributed by atoms with Gasteiger partial charge in [-0.15, -0.1) is 11.3 Å². The number of nitrogens with one attached hydrogen (secondary N) is 2. The highest BCUT2D eigenvalue weighted by molar-refractivity contribution is 7.21. The van der Waals surface area contributed by atoms with Gasteiger partial charge in [-0.1, -0.05) is 13.0 Å². The molecule has 1 fully saturated rings. The summed E-state index contributed by atoms with van der Waals surface area (Å²) in [6.45, 7) is 5.80. The highest BCUT2D eigenvalue weighted by Crippen LogP contribution is 2.32. The summed E-state index contributed by atoms with van der Waals surface area (Å²) in [5.74, 6) is 0.0801. The molecule has 1 saturated heterocycles. The molecule has 0 unspecified atom stereocenters. The Labute approximate surface area is 127 Å². The zero-order chi connectivity index (χ0) is 15.0. The van der Waals surface area contributed by atoms with E-state index in [9.17, 15) is 9.18 Å². The Balaban J connectivity index is 1.88. The lowest BCUT2D eigenvalue weighted by atomic mass is 9.95. The Morgan fingerprint density at radius 2 is 2.29 bits per heavy atom. The molecule has 3 rings (SSSR count). The molecule has 112 valence electrons. The van der Waals surface area contributed by atoms with E-state index in [4.69, 9.17) is 0 Å². The van der Waals surface area contributed by atoms with E-state index >= 15 is 0 Å². The minimum absolute atomic E-state index is 0.0770. The van der Waals surface area contributed by atoms with Gasteiger partial charge < -0.3 is 10.6 Å². The third-order valence-corrected chi connectivity index (χ3v) is 5.47. The van der Waals surface area contributed by atoms with Crippen LogP contribution in [0.5, 0.6) is 0 Å². The van der Waals surface area contributed by atoms with Gasteiger partial charge in [-0.25, -0.2) is 4.39 Å². The number of piperidine rings is 1. The molecule has 0 aliphatic carbocycles.